The zero-order chi connectivity index (χ0) is 26.5. The minimum absolute atomic E-state index is 0.0407. The third-order valence-electron chi connectivity index (χ3n) is 7.25. The van der Waals surface area contributed by atoms with Gasteiger partial charge in [0.05, 0.1) is 5.69 Å². The second-order valence-corrected chi connectivity index (χ2v) is 9.93. The summed E-state index contributed by atoms with van der Waals surface area (Å²) in [6.45, 7) is 3.09. The molecule has 3 aromatic rings. The number of nitrogens with zero attached hydrogens (tertiary/aromatic N) is 2. The normalized spacial score (nSPS) is 17.1. The fraction of sp³-hybridized carbons (Fsp3) is 0.323. The van der Waals surface area contributed by atoms with Crippen LogP contribution < -0.4 is 15.0 Å². The predicted octanol–water partition coefficient (Wildman–Crippen LogP) is 4.97. The Kier molecular flexibility index (Phi) is 7.73. The summed E-state index contributed by atoms with van der Waals surface area (Å²) in [5.74, 6) is -0.0527. The first-order valence-corrected chi connectivity index (χ1v) is 13.3. The Morgan fingerprint density at radius 1 is 0.921 bits per heavy atom. The summed E-state index contributed by atoms with van der Waals surface area (Å²) >= 11 is 0. The Bertz CT molecular complexity index is 1250. The lowest BCUT2D eigenvalue weighted by molar-refractivity contribution is -0.133. The Hall–Kier alpha value is -4.13. The van der Waals surface area contributed by atoms with Crippen molar-refractivity contribution in [2.24, 2.45) is 0 Å². The predicted molar refractivity (Wildman–Crippen MR) is 147 cm³/mol. The van der Waals surface area contributed by atoms with Gasteiger partial charge in [0, 0.05) is 31.1 Å². The summed E-state index contributed by atoms with van der Waals surface area (Å²) < 4.78 is 5.81. The van der Waals surface area contributed by atoms with E-state index in [9.17, 15) is 14.4 Å². The molecular weight excluding hydrogens is 478 g/mol. The molecule has 7 heteroatoms. The zero-order valence-electron chi connectivity index (χ0n) is 21.6. The highest BCUT2D eigenvalue weighted by Crippen LogP contribution is 2.37. The van der Waals surface area contributed by atoms with E-state index < -0.39 is 6.10 Å². The molecule has 2 aliphatic rings. The van der Waals surface area contributed by atoms with E-state index in [1.165, 1.54) is 4.90 Å². The number of carbonyl (C=O) groups is 3. The van der Waals surface area contributed by atoms with E-state index in [2.05, 4.69) is 5.32 Å². The molecule has 196 valence electrons. The van der Waals surface area contributed by atoms with Crippen LogP contribution in [0.5, 0.6) is 5.75 Å². The molecule has 0 radical (unpaired) electrons. The van der Waals surface area contributed by atoms with Gasteiger partial charge in [0.2, 0.25) is 11.8 Å². The molecule has 2 heterocycles. The quantitative estimate of drug-likeness (QED) is 0.486. The summed E-state index contributed by atoms with van der Waals surface area (Å²) in [7, 11) is 0. The van der Waals surface area contributed by atoms with Crippen molar-refractivity contribution in [3.05, 3.63) is 90.0 Å². The molecule has 3 amide bonds. The molecule has 7 nitrogen and oxygen atoms in total. The van der Waals surface area contributed by atoms with Gasteiger partial charge >= 0.3 is 0 Å². The fourth-order valence-electron chi connectivity index (χ4n) is 5.22. The van der Waals surface area contributed by atoms with Gasteiger partial charge in [-0.3, -0.25) is 19.3 Å². The summed E-state index contributed by atoms with van der Waals surface area (Å²) in [5.41, 5.74) is 3.18. The van der Waals surface area contributed by atoms with Crippen molar-refractivity contribution in [1.82, 2.24) is 4.90 Å². The standard InChI is InChI=1S/C31H33N3O4/c1-22-31(37)34(21-30(36)33-17-9-4-10-18-33)27-19-25(15-16-28(27)38-22)32-29(35)20-26(23-11-5-2-6-12-23)24-13-7-3-8-14-24/h2-3,5-8,11-16,19,22,26H,4,9-10,17-18,20-21H2,1H3,(H,32,35). The molecule has 5 rings (SSSR count). The van der Waals surface area contributed by atoms with E-state index >= 15 is 0 Å². The molecule has 1 saturated heterocycles. The first kappa shape index (κ1) is 25.5. The van der Waals surface area contributed by atoms with Gasteiger partial charge in [0.25, 0.3) is 5.91 Å². The van der Waals surface area contributed by atoms with Crippen LogP contribution in [0.2, 0.25) is 0 Å². The molecule has 0 aliphatic carbocycles. The van der Waals surface area contributed by atoms with E-state index in [-0.39, 0.29) is 36.6 Å². The zero-order valence-corrected chi connectivity index (χ0v) is 21.6. The molecule has 2 aliphatic heterocycles. The van der Waals surface area contributed by atoms with E-state index in [4.69, 9.17) is 4.74 Å². The number of carbonyl (C=O) groups excluding carboxylic acids is 3. The number of rotatable bonds is 7. The highest BCUT2D eigenvalue weighted by atomic mass is 16.5. The van der Waals surface area contributed by atoms with Crippen LogP contribution in [-0.4, -0.2) is 48.4 Å². The van der Waals surface area contributed by atoms with Crippen LogP contribution in [0.1, 0.15) is 49.7 Å². The van der Waals surface area contributed by atoms with Gasteiger partial charge in [-0.2, -0.15) is 0 Å². The molecule has 1 atom stereocenters. The van der Waals surface area contributed by atoms with Crippen LogP contribution in [0.4, 0.5) is 11.4 Å². The molecular formula is C31H33N3O4. The highest BCUT2D eigenvalue weighted by Gasteiger charge is 2.34. The maximum atomic E-state index is 13.2. The fourth-order valence-corrected chi connectivity index (χ4v) is 5.22. The van der Waals surface area contributed by atoms with Gasteiger partial charge in [-0.05, 0) is 55.5 Å². The first-order chi connectivity index (χ1) is 18.5. The van der Waals surface area contributed by atoms with Gasteiger partial charge in [-0.1, -0.05) is 60.7 Å². The van der Waals surface area contributed by atoms with Crippen molar-refractivity contribution in [2.45, 2.75) is 44.6 Å². The number of anilines is 2. The average molecular weight is 512 g/mol. The van der Waals surface area contributed by atoms with E-state index in [1.54, 1.807) is 25.1 Å². The Morgan fingerprint density at radius 3 is 2.18 bits per heavy atom. The third-order valence-corrected chi connectivity index (χ3v) is 7.25. The molecule has 0 bridgehead atoms. The summed E-state index contributed by atoms with van der Waals surface area (Å²) in [6, 6.07) is 25.2. The number of likely N-dealkylation sites (tertiary alicyclic amines) is 1. The van der Waals surface area contributed by atoms with Crippen LogP contribution >= 0.6 is 0 Å². The molecule has 1 unspecified atom stereocenters. The average Bonchev–Trinajstić information content (AvgIpc) is 2.96. The smallest absolute Gasteiger partial charge is 0.268 e. The van der Waals surface area contributed by atoms with Gasteiger partial charge < -0.3 is 15.0 Å². The lowest BCUT2D eigenvalue weighted by Crippen LogP contribution is -2.50. The monoisotopic (exact) mass is 511 g/mol. The lowest BCUT2D eigenvalue weighted by atomic mass is 9.88. The topological polar surface area (TPSA) is 79.0 Å². The van der Waals surface area contributed by atoms with Crippen molar-refractivity contribution in [3.63, 3.8) is 0 Å². The molecule has 3 aromatic carbocycles. The number of benzene rings is 3. The van der Waals surface area contributed by atoms with Crippen LogP contribution in [0, 0.1) is 0 Å². The second-order valence-electron chi connectivity index (χ2n) is 9.93. The molecule has 38 heavy (non-hydrogen) atoms. The number of hydrogen-bond acceptors (Lipinski definition) is 4. The lowest BCUT2D eigenvalue weighted by Gasteiger charge is -2.35. The van der Waals surface area contributed by atoms with Crippen molar-refractivity contribution in [3.8, 4) is 5.75 Å². The molecule has 0 aromatic heterocycles. The summed E-state index contributed by atoms with van der Waals surface area (Å²) in [6.07, 6.45) is 2.67. The van der Waals surface area contributed by atoms with Crippen LogP contribution in [0.15, 0.2) is 78.9 Å². The van der Waals surface area contributed by atoms with E-state index in [0.717, 1.165) is 43.5 Å². The third kappa shape index (κ3) is 5.72. The Labute approximate surface area is 223 Å². The van der Waals surface area contributed by atoms with Gasteiger partial charge in [-0.15, -0.1) is 0 Å². The minimum Gasteiger partial charge on any atom is -0.479 e. The number of ether oxygens (including phenoxy) is 1. The van der Waals surface area contributed by atoms with Gasteiger partial charge in [0.1, 0.15) is 12.3 Å². The van der Waals surface area contributed by atoms with Crippen molar-refractivity contribution >= 4 is 29.1 Å². The number of fused-ring (bicyclic) bond motifs is 1. The van der Waals surface area contributed by atoms with Gasteiger partial charge in [-0.25, -0.2) is 0 Å². The van der Waals surface area contributed by atoms with Crippen LogP contribution in [-0.2, 0) is 14.4 Å². The Balaban J connectivity index is 1.34. The minimum atomic E-state index is -0.686. The molecule has 0 saturated carbocycles. The van der Waals surface area contributed by atoms with Crippen molar-refractivity contribution in [2.75, 3.05) is 29.9 Å². The molecule has 0 spiro atoms. The summed E-state index contributed by atoms with van der Waals surface area (Å²) in [5, 5.41) is 3.00. The second kappa shape index (κ2) is 11.5. The largest absolute Gasteiger partial charge is 0.479 e. The molecule has 1 N–H and O–H groups in total. The highest BCUT2D eigenvalue weighted by molar-refractivity contribution is 6.04. The maximum absolute atomic E-state index is 13.2. The van der Waals surface area contributed by atoms with E-state index in [0.29, 0.717) is 17.1 Å². The molecule has 1 fully saturated rings. The number of hydrogen-bond donors (Lipinski definition) is 1. The maximum Gasteiger partial charge on any atom is 0.268 e. The number of nitrogens with one attached hydrogen (secondary N) is 1. The number of amides is 3. The summed E-state index contributed by atoms with van der Waals surface area (Å²) in [4.78, 5) is 42.6. The van der Waals surface area contributed by atoms with Crippen molar-refractivity contribution in [1.29, 1.82) is 0 Å². The van der Waals surface area contributed by atoms with Crippen LogP contribution in [0.25, 0.3) is 0 Å². The van der Waals surface area contributed by atoms with E-state index in [1.807, 2.05) is 65.6 Å². The van der Waals surface area contributed by atoms with Crippen LogP contribution in [0.3, 0.4) is 0 Å². The first-order valence-electron chi connectivity index (χ1n) is 13.3. The van der Waals surface area contributed by atoms with Gasteiger partial charge in [0.15, 0.2) is 6.10 Å². The number of piperidine rings is 1. The SMILES string of the molecule is CC1Oc2ccc(NC(=O)CC(c3ccccc3)c3ccccc3)cc2N(CC(=O)N2CCCCC2)C1=O. The Morgan fingerprint density at radius 2 is 1.55 bits per heavy atom. The van der Waals surface area contributed by atoms with Crippen molar-refractivity contribution < 1.29 is 19.1 Å².